The summed E-state index contributed by atoms with van der Waals surface area (Å²) in [5, 5.41) is 16.1. The first-order chi connectivity index (χ1) is 9.74. The van der Waals surface area contributed by atoms with E-state index in [0.29, 0.717) is 18.0 Å². The molecule has 2 heterocycles. The van der Waals surface area contributed by atoms with Crippen molar-refractivity contribution in [3.63, 3.8) is 0 Å². The average Bonchev–Trinajstić information content (AvgIpc) is 2.93. The van der Waals surface area contributed by atoms with E-state index < -0.39 is 6.10 Å². The van der Waals surface area contributed by atoms with Crippen molar-refractivity contribution in [2.75, 3.05) is 19.9 Å². The van der Waals surface area contributed by atoms with Crippen molar-refractivity contribution in [3.05, 3.63) is 23.8 Å². The number of rotatable bonds is 4. The van der Waals surface area contributed by atoms with Crippen LogP contribution in [0.4, 0.5) is 0 Å². The number of ether oxygens (including phenoxy) is 2. The number of piperidine rings is 1. The summed E-state index contributed by atoms with van der Waals surface area (Å²) < 4.78 is 10.5. The number of benzene rings is 1. The normalized spacial score (nSPS) is 22.4. The molecular formula is C14H18N2O4. The highest BCUT2D eigenvalue weighted by atomic mass is 16.7. The summed E-state index contributed by atoms with van der Waals surface area (Å²) in [5.74, 6) is 1.35. The van der Waals surface area contributed by atoms with Crippen molar-refractivity contribution >= 4 is 5.91 Å². The minimum Gasteiger partial charge on any atom is -0.454 e. The lowest BCUT2D eigenvalue weighted by Gasteiger charge is -2.24. The Morgan fingerprint density at radius 2 is 2.25 bits per heavy atom. The maximum atomic E-state index is 11.6. The van der Waals surface area contributed by atoms with Crippen LogP contribution in [0.15, 0.2) is 18.2 Å². The first-order valence-corrected chi connectivity index (χ1v) is 6.83. The van der Waals surface area contributed by atoms with Crippen LogP contribution in [0.3, 0.4) is 0 Å². The van der Waals surface area contributed by atoms with E-state index in [9.17, 15) is 9.90 Å². The average molecular weight is 278 g/mol. The zero-order valence-corrected chi connectivity index (χ0v) is 11.1. The van der Waals surface area contributed by atoms with Gasteiger partial charge in [-0.2, -0.15) is 0 Å². The number of hydrogen-bond acceptors (Lipinski definition) is 5. The number of aliphatic hydroxyl groups excluding tert-OH is 1. The largest absolute Gasteiger partial charge is 0.454 e. The summed E-state index contributed by atoms with van der Waals surface area (Å²) >= 11 is 0. The minimum atomic E-state index is -0.681. The number of nitrogens with one attached hydrogen (secondary N) is 2. The third kappa shape index (κ3) is 2.71. The van der Waals surface area contributed by atoms with E-state index in [1.54, 1.807) is 18.2 Å². The molecule has 0 aliphatic carbocycles. The van der Waals surface area contributed by atoms with Gasteiger partial charge in [-0.25, -0.2) is 0 Å². The Labute approximate surface area is 117 Å². The summed E-state index contributed by atoms with van der Waals surface area (Å²) in [5.41, 5.74) is 0.748. The molecule has 2 unspecified atom stereocenters. The molecule has 1 saturated heterocycles. The van der Waals surface area contributed by atoms with Crippen molar-refractivity contribution in [1.82, 2.24) is 10.6 Å². The molecule has 2 atom stereocenters. The molecule has 1 amide bonds. The molecule has 0 spiro atoms. The zero-order chi connectivity index (χ0) is 13.9. The van der Waals surface area contributed by atoms with Crippen LogP contribution in [0.25, 0.3) is 0 Å². The van der Waals surface area contributed by atoms with Crippen LogP contribution in [0.5, 0.6) is 11.5 Å². The van der Waals surface area contributed by atoms with Crippen molar-refractivity contribution in [3.8, 4) is 11.5 Å². The second-order valence-electron chi connectivity index (χ2n) is 5.02. The fourth-order valence-corrected chi connectivity index (χ4v) is 2.46. The Morgan fingerprint density at radius 3 is 3.10 bits per heavy atom. The molecule has 1 aromatic rings. The number of aliphatic hydroxyl groups is 1. The summed E-state index contributed by atoms with van der Waals surface area (Å²) in [7, 11) is 0. The molecule has 20 heavy (non-hydrogen) atoms. The third-order valence-corrected chi connectivity index (χ3v) is 3.62. The molecule has 1 aromatic carbocycles. The van der Waals surface area contributed by atoms with E-state index >= 15 is 0 Å². The van der Waals surface area contributed by atoms with E-state index in [-0.39, 0.29) is 18.7 Å². The lowest BCUT2D eigenvalue weighted by molar-refractivity contribution is -0.124. The van der Waals surface area contributed by atoms with Crippen LogP contribution < -0.4 is 20.1 Å². The summed E-state index contributed by atoms with van der Waals surface area (Å²) in [6.07, 6.45) is 1.09. The smallest absolute Gasteiger partial charge is 0.237 e. The maximum absolute atomic E-state index is 11.6. The predicted octanol–water partition coefficient (Wildman–Crippen LogP) is 0.317. The Balaban J connectivity index is 1.58. The van der Waals surface area contributed by atoms with Gasteiger partial charge in [0, 0.05) is 13.1 Å². The fraction of sp³-hybridized carbons (Fsp3) is 0.500. The van der Waals surface area contributed by atoms with Crippen molar-refractivity contribution in [2.24, 2.45) is 0 Å². The fourth-order valence-electron chi connectivity index (χ4n) is 2.46. The number of fused-ring (bicyclic) bond motifs is 1. The first kappa shape index (κ1) is 13.2. The van der Waals surface area contributed by atoms with Crippen LogP contribution in [-0.4, -0.2) is 36.9 Å². The van der Waals surface area contributed by atoms with Gasteiger partial charge in [0.1, 0.15) is 0 Å². The Bertz CT molecular complexity index is 506. The molecular weight excluding hydrogens is 260 g/mol. The van der Waals surface area contributed by atoms with Gasteiger partial charge in [0.05, 0.1) is 12.1 Å². The molecule has 0 bridgehead atoms. The van der Waals surface area contributed by atoms with Gasteiger partial charge in [0.2, 0.25) is 12.7 Å². The second-order valence-corrected chi connectivity index (χ2v) is 5.02. The van der Waals surface area contributed by atoms with Gasteiger partial charge in [-0.15, -0.1) is 0 Å². The van der Waals surface area contributed by atoms with Crippen LogP contribution in [0, 0.1) is 0 Å². The summed E-state index contributed by atoms with van der Waals surface area (Å²) in [6.45, 7) is 1.29. The van der Waals surface area contributed by atoms with Crippen LogP contribution in [0.1, 0.15) is 24.5 Å². The Morgan fingerprint density at radius 1 is 1.40 bits per heavy atom. The van der Waals surface area contributed by atoms with Crippen LogP contribution in [-0.2, 0) is 4.79 Å². The standard InChI is InChI=1S/C14H18N2O4/c17-11(7-16-10-2-1-5-15-14(10)18)9-3-4-12-13(6-9)20-8-19-12/h3-4,6,10-11,16-17H,1-2,5,7-8H2,(H,15,18). The van der Waals surface area contributed by atoms with E-state index in [1.807, 2.05) is 0 Å². The molecule has 3 N–H and O–H groups in total. The third-order valence-electron chi connectivity index (χ3n) is 3.62. The number of carbonyl (C=O) groups is 1. The van der Waals surface area contributed by atoms with Crippen LogP contribution in [0.2, 0.25) is 0 Å². The highest BCUT2D eigenvalue weighted by Gasteiger charge is 2.23. The minimum absolute atomic E-state index is 0.00846. The SMILES string of the molecule is O=C1NCCCC1NCC(O)c1ccc2c(c1)OCO2. The van der Waals surface area contributed by atoms with E-state index in [4.69, 9.17) is 9.47 Å². The number of amides is 1. The maximum Gasteiger partial charge on any atom is 0.237 e. The Hall–Kier alpha value is -1.79. The van der Waals surface area contributed by atoms with E-state index in [1.165, 1.54) is 0 Å². The predicted molar refractivity (Wildman–Crippen MR) is 71.6 cm³/mol. The van der Waals surface area contributed by atoms with Gasteiger partial charge in [0.25, 0.3) is 0 Å². The highest BCUT2D eigenvalue weighted by molar-refractivity contribution is 5.82. The van der Waals surface area contributed by atoms with Gasteiger partial charge in [-0.1, -0.05) is 6.07 Å². The molecule has 0 saturated carbocycles. The zero-order valence-electron chi connectivity index (χ0n) is 11.1. The molecule has 0 aromatic heterocycles. The van der Waals surface area contributed by atoms with Gasteiger partial charge >= 0.3 is 0 Å². The summed E-state index contributed by atoms with van der Waals surface area (Å²) in [4.78, 5) is 11.6. The number of carbonyl (C=O) groups excluding carboxylic acids is 1. The van der Waals surface area contributed by atoms with E-state index in [0.717, 1.165) is 24.9 Å². The molecule has 6 nitrogen and oxygen atoms in total. The molecule has 2 aliphatic rings. The lowest BCUT2D eigenvalue weighted by Crippen LogP contribution is -2.49. The van der Waals surface area contributed by atoms with Gasteiger partial charge in [-0.3, -0.25) is 4.79 Å². The second kappa shape index (κ2) is 5.68. The van der Waals surface area contributed by atoms with Crippen molar-refractivity contribution < 1.29 is 19.4 Å². The molecule has 1 fully saturated rings. The number of hydrogen-bond donors (Lipinski definition) is 3. The van der Waals surface area contributed by atoms with Crippen LogP contribution >= 0.6 is 0 Å². The highest BCUT2D eigenvalue weighted by Crippen LogP contribution is 2.34. The van der Waals surface area contributed by atoms with Gasteiger partial charge in [-0.05, 0) is 30.5 Å². The molecule has 0 radical (unpaired) electrons. The van der Waals surface area contributed by atoms with Gasteiger partial charge in [0.15, 0.2) is 11.5 Å². The molecule has 3 rings (SSSR count). The lowest BCUT2D eigenvalue weighted by atomic mass is 10.0. The van der Waals surface area contributed by atoms with Crippen molar-refractivity contribution in [2.45, 2.75) is 25.0 Å². The molecule has 2 aliphatic heterocycles. The van der Waals surface area contributed by atoms with Crippen molar-refractivity contribution in [1.29, 1.82) is 0 Å². The topological polar surface area (TPSA) is 79.8 Å². The molecule has 6 heteroatoms. The van der Waals surface area contributed by atoms with E-state index in [2.05, 4.69) is 10.6 Å². The monoisotopic (exact) mass is 278 g/mol. The quantitative estimate of drug-likeness (QED) is 0.739. The molecule has 108 valence electrons. The first-order valence-electron chi connectivity index (χ1n) is 6.83. The Kier molecular flexibility index (Phi) is 3.75. The summed E-state index contributed by atoms with van der Waals surface area (Å²) in [6, 6.07) is 5.15. The van der Waals surface area contributed by atoms with Gasteiger partial charge < -0.3 is 25.2 Å².